The van der Waals surface area contributed by atoms with Crippen molar-refractivity contribution in [3.63, 3.8) is 0 Å². The van der Waals surface area contributed by atoms with Crippen LogP contribution in [0.1, 0.15) is 31.4 Å². The molecule has 0 aromatic heterocycles. The molecule has 4 nitrogen and oxygen atoms in total. The fraction of sp³-hybridized carbons (Fsp3) is 0.571. The molecule has 1 aromatic rings. The lowest BCUT2D eigenvalue weighted by atomic mass is 9.64. The highest BCUT2D eigenvalue weighted by Crippen LogP contribution is 2.40. The highest BCUT2D eigenvalue weighted by atomic mass is 32.2. The summed E-state index contributed by atoms with van der Waals surface area (Å²) in [5, 5.41) is 0. The summed E-state index contributed by atoms with van der Waals surface area (Å²) in [4.78, 5) is 0.162. The molecule has 0 amide bonds. The predicted octanol–water partition coefficient (Wildman–Crippen LogP) is 1.85. The third-order valence-electron chi connectivity index (χ3n) is 4.33. The van der Waals surface area contributed by atoms with Gasteiger partial charge < -0.3 is 5.73 Å². The molecule has 2 rings (SSSR count). The van der Waals surface area contributed by atoms with Gasteiger partial charge in [-0.3, -0.25) is 0 Å². The first-order chi connectivity index (χ1) is 9.05. The third-order valence-corrected chi connectivity index (χ3v) is 6.11. The number of rotatable bonds is 3. The Bertz CT molecular complexity index is 618. The molecule has 0 radical (unpaired) electrons. The van der Waals surface area contributed by atoms with Crippen molar-refractivity contribution in [2.75, 3.05) is 0 Å². The van der Waals surface area contributed by atoms with Crippen LogP contribution in [0.15, 0.2) is 17.0 Å². The van der Waals surface area contributed by atoms with Crippen LogP contribution < -0.4 is 10.5 Å². The van der Waals surface area contributed by atoms with Crippen molar-refractivity contribution in [2.45, 2.75) is 51.1 Å². The first-order valence-electron chi connectivity index (χ1n) is 6.60. The highest BCUT2D eigenvalue weighted by Gasteiger charge is 2.47. The molecule has 2 atom stereocenters. The smallest absolute Gasteiger partial charge is 0.241 e. The van der Waals surface area contributed by atoms with Crippen molar-refractivity contribution in [3.05, 3.63) is 29.1 Å². The SMILES string of the molecule is Cc1cc(F)cc(C)c1S(=O)(=O)NC1CC(N)C1(C)C. The Morgan fingerprint density at radius 3 is 2.20 bits per heavy atom. The molecule has 1 saturated carbocycles. The summed E-state index contributed by atoms with van der Waals surface area (Å²) >= 11 is 0. The Hall–Kier alpha value is -0.980. The Morgan fingerprint density at radius 2 is 1.80 bits per heavy atom. The first kappa shape index (κ1) is 15.4. The third kappa shape index (κ3) is 2.47. The van der Waals surface area contributed by atoms with Gasteiger partial charge in [-0.15, -0.1) is 0 Å². The molecule has 20 heavy (non-hydrogen) atoms. The molecule has 0 saturated heterocycles. The molecule has 1 aliphatic rings. The summed E-state index contributed by atoms with van der Waals surface area (Å²) < 4.78 is 41.0. The lowest BCUT2D eigenvalue weighted by Gasteiger charge is -2.50. The van der Waals surface area contributed by atoms with Crippen molar-refractivity contribution < 1.29 is 12.8 Å². The second-order valence-electron chi connectivity index (χ2n) is 6.21. The topological polar surface area (TPSA) is 72.2 Å². The zero-order valence-corrected chi connectivity index (χ0v) is 13.0. The van der Waals surface area contributed by atoms with Crippen LogP contribution in [0.25, 0.3) is 0 Å². The van der Waals surface area contributed by atoms with Crippen molar-refractivity contribution in [1.82, 2.24) is 4.72 Å². The fourth-order valence-electron chi connectivity index (χ4n) is 2.73. The minimum Gasteiger partial charge on any atom is -0.327 e. The van der Waals surface area contributed by atoms with E-state index >= 15 is 0 Å². The van der Waals surface area contributed by atoms with Gasteiger partial charge in [0.2, 0.25) is 10.0 Å². The summed E-state index contributed by atoms with van der Waals surface area (Å²) in [6, 6.07) is 2.27. The van der Waals surface area contributed by atoms with Crippen molar-refractivity contribution in [3.8, 4) is 0 Å². The number of halogens is 1. The summed E-state index contributed by atoms with van der Waals surface area (Å²) in [6.45, 7) is 7.09. The predicted molar refractivity (Wildman–Crippen MR) is 76.4 cm³/mol. The Balaban J connectivity index is 2.33. The molecular formula is C14H21FN2O2S. The summed E-state index contributed by atoms with van der Waals surface area (Å²) in [7, 11) is -3.67. The van der Waals surface area contributed by atoms with Gasteiger partial charge >= 0.3 is 0 Å². The van der Waals surface area contributed by atoms with E-state index in [2.05, 4.69) is 4.72 Å². The number of hydrogen-bond acceptors (Lipinski definition) is 3. The zero-order valence-electron chi connectivity index (χ0n) is 12.2. The monoisotopic (exact) mass is 300 g/mol. The molecule has 2 unspecified atom stereocenters. The molecule has 1 fully saturated rings. The molecule has 1 aromatic carbocycles. The van der Waals surface area contributed by atoms with Gasteiger partial charge in [0, 0.05) is 12.1 Å². The van der Waals surface area contributed by atoms with Crippen LogP contribution in [-0.4, -0.2) is 20.5 Å². The van der Waals surface area contributed by atoms with Crippen LogP contribution in [0.3, 0.4) is 0 Å². The standard InChI is InChI=1S/C14H21FN2O2S/c1-8-5-10(15)6-9(2)13(8)20(18,19)17-12-7-11(16)14(12,3)4/h5-6,11-12,17H,7,16H2,1-4H3. The summed E-state index contributed by atoms with van der Waals surface area (Å²) in [5.74, 6) is -0.426. The van der Waals surface area contributed by atoms with Crippen molar-refractivity contribution in [2.24, 2.45) is 11.1 Å². The van der Waals surface area contributed by atoms with Crippen LogP contribution >= 0.6 is 0 Å². The Labute approximate surface area is 119 Å². The second-order valence-corrected chi connectivity index (χ2v) is 7.86. The molecule has 0 bridgehead atoms. The van der Waals surface area contributed by atoms with E-state index in [4.69, 9.17) is 5.73 Å². The minimum atomic E-state index is -3.67. The Kier molecular flexibility index (Phi) is 3.69. The highest BCUT2D eigenvalue weighted by molar-refractivity contribution is 7.89. The lowest BCUT2D eigenvalue weighted by Crippen LogP contribution is -2.64. The molecule has 3 N–H and O–H groups in total. The van der Waals surface area contributed by atoms with Crippen molar-refractivity contribution in [1.29, 1.82) is 0 Å². The van der Waals surface area contributed by atoms with Gasteiger partial charge in [-0.05, 0) is 48.9 Å². The van der Waals surface area contributed by atoms with Gasteiger partial charge in [0.05, 0.1) is 4.90 Å². The van der Waals surface area contributed by atoms with Gasteiger partial charge in [-0.25, -0.2) is 17.5 Å². The maximum atomic E-state index is 13.3. The van der Waals surface area contributed by atoms with Crippen LogP contribution in [0, 0.1) is 25.1 Å². The van der Waals surface area contributed by atoms with Gasteiger partial charge in [-0.1, -0.05) is 13.8 Å². The first-order valence-corrected chi connectivity index (χ1v) is 8.08. The average molecular weight is 300 g/mol. The van der Waals surface area contributed by atoms with E-state index in [0.717, 1.165) is 0 Å². The number of sulfonamides is 1. The number of nitrogens with two attached hydrogens (primary N) is 1. The molecule has 1 aliphatic carbocycles. The summed E-state index contributed by atoms with van der Waals surface area (Å²) in [5.41, 5.74) is 6.46. The maximum absolute atomic E-state index is 13.3. The van der Waals surface area contributed by atoms with Crippen LogP contribution in [0.4, 0.5) is 4.39 Å². The second kappa shape index (κ2) is 4.79. The largest absolute Gasteiger partial charge is 0.327 e. The average Bonchev–Trinajstić information content (AvgIpc) is 2.26. The molecular weight excluding hydrogens is 279 g/mol. The minimum absolute atomic E-state index is 0.00869. The van der Waals surface area contributed by atoms with E-state index in [1.54, 1.807) is 13.8 Å². The van der Waals surface area contributed by atoms with E-state index < -0.39 is 15.8 Å². The Morgan fingerprint density at radius 1 is 1.30 bits per heavy atom. The van der Waals surface area contributed by atoms with Gasteiger partial charge in [0.1, 0.15) is 5.82 Å². The van der Waals surface area contributed by atoms with E-state index in [9.17, 15) is 12.8 Å². The summed E-state index contributed by atoms with van der Waals surface area (Å²) in [6.07, 6.45) is 0.617. The maximum Gasteiger partial charge on any atom is 0.241 e. The van der Waals surface area contributed by atoms with Crippen LogP contribution in [0.2, 0.25) is 0 Å². The quantitative estimate of drug-likeness (QED) is 0.895. The molecule has 0 aliphatic heterocycles. The molecule has 0 spiro atoms. The van der Waals surface area contributed by atoms with Gasteiger partial charge in [-0.2, -0.15) is 0 Å². The molecule has 6 heteroatoms. The zero-order chi connectivity index (χ0) is 15.3. The number of aryl methyl sites for hydroxylation is 2. The van der Waals surface area contributed by atoms with Crippen LogP contribution in [-0.2, 0) is 10.0 Å². The molecule has 112 valence electrons. The van der Waals surface area contributed by atoms with E-state index in [1.165, 1.54) is 12.1 Å². The van der Waals surface area contributed by atoms with E-state index in [1.807, 2.05) is 13.8 Å². The fourth-order valence-corrected chi connectivity index (χ4v) is 4.58. The molecule has 0 heterocycles. The lowest BCUT2D eigenvalue weighted by molar-refractivity contribution is 0.0903. The van der Waals surface area contributed by atoms with Gasteiger partial charge in [0.25, 0.3) is 0 Å². The number of benzene rings is 1. The van der Waals surface area contributed by atoms with Crippen LogP contribution in [0.5, 0.6) is 0 Å². The number of hydrogen-bond donors (Lipinski definition) is 2. The number of nitrogens with one attached hydrogen (secondary N) is 1. The van der Waals surface area contributed by atoms with Crippen molar-refractivity contribution >= 4 is 10.0 Å². The van der Waals surface area contributed by atoms with E-state index in [-0.39, 0.29) is 22.4 Å². The van der Waals surface area contributed by atoms with Gasteiger partial charge in [0.15, 0.2) is 0 Å². The van der Waals surface area contributed by atoms with E-state index in [0.29, 0.717) is 17.5 Å². The normalized spacial score (nSPS) is 25.3.